The zero-order valence-electron chi connectivity index (χ0n) is 9.76. The number of hydrogen-bond acceptors (Lipinski definition) is 1. The monoisotopic (exact) mass is 187 g/mol. The van der Waals surface area contributed by atoms with Crippen LogP contribution in [0.4, 0.5) is 0 Å². The van der Waals surface area contributed by atoms with Crippen molar-refractivity contribution in [2.24, 2.45) is 11.8 Å². The molecule has 1 unspecified atom stereocenters. The summed E-state index contributed by atoms with van der Waals surface area (Å²) >= 11 is 0. The number of hydrogen-bond donors (Lipinski definition) is 1. The molecule has 0 aromatic carbocycles. The highest BCUT2D eigenvalue weighted by molar-refractivity contribution is 5.44. The molecule has 0 bridgehead atoms. The van der Waals surface area contributed by atoms with Gasteiger partial charge >= 0.3 is 0 Å². The summed E-state index contributed by atoms with van der Waals surface area (Å²) in [5.74, 6) is 2.03. The van der Waals surface area contributed by atoms with Crippen molar-refractivity contribution in [2.45, 2.75) is 47.0 Å². The van der Waals surface area contributed by atoms with Crippen LogP contribution in [0.25, 0.3) is 0 Å². The van der Waals surface area contributed by atoms with Gasteiger partial charge in [0.2, 0.25) is 6.41 Å². The molecule has 13 heavy (non-hydrogen) atoms. The van der Waals surface area contributed by atoms with E-state index in [1.807, 2.05) is 13.8 Å². The average Bonchev–Trinajstić information content (AvgIpc) is 2.55. The van der Waals surface area contributed by atoms with Crippen LogP contribution in [-0.2, 0) is 4.79 Å². The van der Waals surface area contributed by atoms with Crippen molar-refractivity contribution in [2.75, 3.05) is 7.05 Å². The van der Waals surface area contributed by atoms with Gasteiger partial charge in [-0.25, -0.2) is 0 Å². The van der Waals surface area contributed by atoms with Gasteiger partial charge in [-0.15, -0.1) is 0 Å². The highest BCUT2D eigenvalue weighted by Gasteiger charge is 2.17. The Kier molecular flexibility index (Phi) is 13.2. The first-order valence-corrected chi connectivity index (χ1v) is 5.33. The topological polar surface area (TPSA) is 29.1 Å². The normalized spacial score (nSPS) is 24.7. The second kappa shape index (κ2) is 11.5. The van der Waals surface area contributed by atoms with Gasteiger partial charge in [-0.1, -0.05) is 47.0 Å². The molecule has 80 valence electrons. The van der Waals surface area contributed by atoms with Crippen LogP contribution in [-0.4, -0.2) is 13.5 Å². The van der Waals surface area contributed by atoms with Gasteiger partial charge in [-0.05, 0) is 11.8 Å². The Hall–Kier alpha value is -0.530. The molecule has 1 aliphatic rings. The Morgan fingerprint density at radius 1 is 1.15 bits per heavy atom. The van der Waals surface area contributed by atoms with Gasteiger partial charge in [0.15, 0.2) is 0 Å². The summed E-state index contributed by atoms with van der Waals surface area (Å²) in [6, 6.07) is 0. The quantitative estimate of drug-likeness (QED) is 0.628. The highest BCUT2D eigenvalue weighted by atomic mass is 16.1. The first kappa shape index (κ1) is 15.0. The third-order valence-electron chi connectivity index (χ3n) is 2.41. The zero-order chi connectivity index (χ0) is 10.7. The van der Waals surface area contributed by atoms with Gasteiger partial charge in [0.25, 0.3) is 0 Å². The van der Waals surface area contributed by atoms with E-state index in [2.05, 4.69) is 19.2 Å². The molecule has 2 atom stereocenters. The minimum Gasteiger partial charge on any atom is -0.362 e. The number of carbonyl (C=O) groups is 1. The SMILES string of the molecule is CC.CC1CCC[C@H]1C.CNC=O. The van der Waals surface area contributed by atoms with E-state index >= 15 is 0 Å². The molecule has 0 aliphatic heterocycles. The van der Waals surface area contributed by atoms with E-state index in [-0.39, 0.29) is 0 Å². The molecule has 1 N–H and O–H groups in total. The van der Waals surface area contributed by atoms with Gasteiger partial charge in [-0.2, -0.15) is 0 Å². The van der Waals surface area contributed by atoms with Crippen molar-refractivity contribution in [1.29, 1.82) is 0 Å². The molecule has 0 radical (unpaired) electrons. The first-order valence-electron chi connectivity index (χ1n) is 5.33. The number of amides is 1. The summed E-state index contributed by atoms with van der Waals surface area (Å²) in [4.78, 5) is 9.06. The Balaban J connectivity index is 0. The number of carbonyl (C=O) groups excluding carboxylic acids is 1. The van der Waals surface area contributed by atoms with Crippen molar-refractivity contribution in [3.63, 3.8) is 0 Å². The van der Waals surface area contributed by atoms with Crippen molar-refractivity contribution >= 4 is 6.41 Å². The fraction of sp³-hybridized carbons (Fsp3) is 0.909. The maximum Gasteiger partial charge on any atom is 0.206 e. The van der Waals surface area contributed by atoms with Gasteiger partial charge < -0.3 is 5.32 Å². The van der Waals surface area contributed by atoms with E-state index in [1.54, 1.807) is 7.05 Å². The minimum absolute atomic E-state index is 0.625. The summed E-state index contributed by atoms with van der Waals surface area (Å²) in [5.41, 5.74) is 0. The summed E-state index contributed by atoms with van der Waals surface area (Å²) in [6.45, 7) is 8.72. The van der Waals surface area contributed by atoms with Crippen molar-refractivity contribution in [3.05, 3.63) is 0 Å². The molecule has 0 aromatic heterocycles. The number of nitrogens with one attached hydrogen (secondary N) is 1. The first-order chi connectivity index (χ1) is 6.22. The van der Waals surface area contributed by atoms with Gasteiger partial charge in [0, 0.05) is 7.05 Å². The molecule has 0 saturated heterocycles. The Labute approximate surface area is 83.1 Å². The summed E-state index contributed by atoms with van der Waals surface area (Å²) in [6.07, 6.45) is 5.05. The lowest BCUT2D eigenvalue weighted by Gasteiger charge is -2.05. The van der Waals surface area contributed by atoms with E-state index in [0.29, 0.717) is 6.41 Å². The van der Waals surface area contributed by atoms with Crippen LogP contribution in [0.1, 0.15) is 47.0 Å². The van der Waals surface area contributed by atoms with Crippen molar-refractivity contribution in [3.8, 4) is 0 Å². The molecule has 1 saturated carbocycles. The third-order valence-corrected chi connectivity index (χ3v) is 2.41. The van der Waals surface area contributed by atoms with Crippen LogP contribution >= 0.6 is 0 Å². The fourth-order valence-electron chi connectivity index (χ4n) is 1.33. The molecule has 2 nitrogen and oxygen atoms in total. The van der Waals surface area contributed by atoms with Crippen LogP contribution in [0.2, 0.25) is 0 Å². The summed E-state index contributed by atoms with van der Waals surface area (Å²) < 4.78 is 0. The van der Waals surface area contributed by atoms with E-state index in [0.717, 1.165) is 11.8 Å². The second-order valence-corrected chi connectivity index (χ2v) is 3.29. The van der Waals surface area contributed by atoms with Crippen LogP contribution in [0, 0.1) is 11.8 Å². The average molecular weight is 187 g/mol. The Morgan fingerprint density at radius 2 is 1.46 bits per heavy atom. The van der Waals surface area contributed by atoms with E-state index in [9.17, 15) is 0 Å². The maximum atomic E-state index is 9.06. The molecular formula is C11H25NO. The third kappa shape index (κ3) is 9.38. The fourth-order valence-corrected chi connectivity index (χ4v) is 1.33. The van der Waals surface area contributed by atoms with Crippen LogP contribution in [0.5, 0.6) is 0 Å². The Bertz CT molecular complexity index is 96.3. The molecule has 0 aromatic rings. The largest absolute Gasteiger partial charge is 0.362 e. The molecule has 1 fully saturated rings. The van der Waals surface area contributed by atoms with Crippen molar-refractivity contribution < 1.29 is 4.79 Å². The smallest absolute Gasteiger partial charge is 0.206 e. The zero-order valence-corrected chi connectivity index (χ0v) is 9.76. The van der Waals surface area contributed by atoms with Crippen molar-refractivity contribution in [1.82, 2.24) is 5.32 Å². The van der Waals surface area contributed by atoms with Crippen LogP contribution < -0.4 is 5.32 Å². The minimum atomic E-state index is 0.625. The second-order valence-electron chi connectivity index (χ2n) is 3.29. The van der Waals surface area contributed by atoms with Crippen LogP contribution in [0.3, 0.4) is 0 Å². The van der Waals surface area contributed by atoms with E-state index < -0.39 is 0 Å². The lowest BCUT2D eigenvalue weighted by atomic mass is 10.0. The molecule has 0 spiro atoms. The predicted octanol–water partition coefficient (Wildman–Crippen LogP) is 2.83. The van der Waals surface area contributed by atoms with Crippen LogP contribution in [0.15, 0.2) is 0 Å². The maximum absolute atomic E-state index is 9.06. The lowest BCUT2D eigenvalue weighted by Crippen LogP contribution is -1.98. The van der Waals surface area contributed by atoms with Gasteiger partial charge in [0.05, 0.1) is 0 Å². The highest BCUT2D eigenvalue weighted by Crippen LogP contribution is 2.29. The lowest BCUT2D eigenvalue weighted by molar-refractivity contribution is -0.109. The molecule has 0 heterocycles. The van der Waals surface area contributed by atoms with Gasteiger partial charge in [0.1, 0.15) is 0 Å². The molecule has 2 heteroatoms. The molecule has 1 amide bonds. The predicted molar refractivity (Wildman–Crippen MR) is 58.7 cm³/mol. The van der Waals surface area contributed by atoms with E-state index in [4.69, 9.17) is 4.79 Å². The molecule has 1 rings (SSSR count). The molecular weight excluding hydrogens is 162 g/mol. The van der Waals surface area contributed by atoms with E-state index in [1.165, 1.54) is 19.3 Å². The standard InChI is InChI=1S/C7H14.C2H5NO.C2H6/c1-6-4-3-5-7(6)2;1-3-2-4;1-2/h6-7H,3-5H2,1-2H3;2H,1H3,(H,3,4);1-2H3/t6-,7?;;/m1../s1. The summed E-state index contributed by atoms with van der Waals surface area (Å²) in [5, 5.41) is 2.25. The molecule has 1 aliphatic carbocycles. The van der Waals surface area contributed by atoms with Gasteiger partial charge in [-0.3, -0.25) is 4.79 Å². The number of rotatable bonds is 1. The summed E-state index contributed by atoms with van der Waals surface area (Å²) in [7, 11) is 1.56. The Morgan fingerprint density at radius 3 is 1.54 bits per heavy atom.